The number of benzene rings is 1. The van der Waals surface area contributed by atoms with Gasteiger partial charge >= 0.3 is 0 Å². The lowest BCUT2D eigenvalue weighted by Crippen LogP contribution is -2.24. The number of hydrogen-bond donors (Lipinski definition) is 0. The minimum atomic E-state index is -0.397. The fraction of sp³-hybridized carbons (Fsp3) is 0.235. The van der Waals surface area contributed by atoms with Crippen LogP contribution in [0.25, 0.3) is 0 Å². The molecule has 0 aliphatic carbocycles. The molecule has 0 spiro atoms. The summed E-state index contributed by atoms with van der Waals surface area (Å²) in [4.78, 5) is 18.7. The highest BCUT2D eigenvalue weighted by Crippen LogP contribution is 2.23. The van der Waals surface area contributed by atoms with E-state index in [0.717, 1.165) is 30.4 Å². The van der Waals surface area contributed by atoms with Crippen LogP contribution in [-0.4, -0.2) is 32.8 Å². The number of pyridine rings is 1. The zero-order chi connectivity index (χ0) is 16.9. The number of hydrogen-bond acceptors (Lipinski definition) is 5. The topological polar surface area (TPSA) is 62.5 Å². The molecule has 2 heterocycles. The van der Waals surface area contributed by atoms with Crippen molar-refractivity contribution in [3.63, 3.8) is 0 Å². The van der Waals surface area contributed by atoms with E-state index < -0.39 is 4.92 Å². The largest absolute Gasteiger partial charge is 0.347 e. The molecular weight excluding hydrogens is 328 g/mol. The number of rotatable bonds is 5. The Morgan fingerprint density at radius 1 is 1.08 bits per heavy atom. The molecule has 0 unspecified atom stereocenters. The number of nitro groups is 1. The first-order valence-electron chi connectivity index (χ1n) is 7.61. The minimum Gasteiger partial charge on any atom is -0.347 e. The van der Waals surface area contributed by atoms with E-state index in [9.17, 15) is 10.1 Å². The first kappa shape index (κ1) is 16.3. The van der Waals surface area contributed by atoms with Crippen LogP contribution in [0.1, 0.15) is 11.1 Å². The van der Waals surface area contributed by atoms with Gasteiger partial charge < -0.3 is 9.80 Å². The summed E-state index contributed by atoms with van der Waals surface area (Å²) in [5.41, 5.74) is 2.09. The Balaban J connectivity index is 1.77. The molecule has 0 amide bonds. The van der Waals surface area contributed by atoms with E-state index in [1.165, 1.54) is 0 Å². The zero-order valence-electron chi connectivity index (χ0n) is 13.0. The third-order valence-corrected chi connectivity index (χ3v) is 4.11. The SMILES string of the molecule is O=[N+]([O-])/C=C1\N(Cc2ccccc2)CCN1Cc1ccc(Cl)nc1. The predicted molar refractivity (Wildman–Crippen MR) is 91.6 cm³/mol. The molecule has 1 aromatic carbocycles. The van der Waals surface area contributed by atoms with Crippen molar-refractivity contribution in [2.75, 3.05) is 13.1 Å². The maximum absolute atomic E-state index is 11.0. The summed E-state index contributed by atoms with van der Waals surface area (Å²) in [5.74, 6) is 0.624. The lowest BCUT2D eigenvalue weighted by atomic mass is 10.2. The Morgan fingerprint density at radius 2 is 1.75 bits per heavy atom. The smallest absolute Gasteiger partial charge is 0.274 e. The molecule has 7 heteroatoms. The monoisotopic (exact) mass is 344 g/mol. The Morgan fingerprint density at radius 3 is 2.33 bits per heavy atom. The summed E-state index contributed by atoms with van der Waals surface area (Å²) >= 11 is 5.81. The van der Waals surface area contributed by atoms with E-state index in [4.69, 9.17) is 11.6 Å². The van der Waals surface area contributed by atoms with Crippen molar-refractivity contribution in [3.05, 3.63) is 87.1 Å². The second-order valence-corrected chi connectivity index (χ2v) is 5.98. The molecule has 3 rings (SSSR count). The molecule has 24 heavy (non-hydrogen) atoms. The van der Waals surface area contributed by atoms with Gasteiger partial charge in [0.25, 0.3) is 6.20 Å². The normalized spacial score (nSPS) is 16.0. The Hall–Kier alpha value is -2.60. The maximum Gasteiger partial charge on any atom is 0.274 e. The van der Waals surface area contributed by atoms with Crippen LogP contribution in [0.5, 0.6) is 0 Å². The van der Waals surface area contributed by atoms with E-state index in [-0.39, 0.29) is 0 Å². The average Bonchev–Trinajstić information content (AvgIpc) is 2.92. The van der Waals surface area contributed by atoms with Gasteiger partial charge in [-0.3, -0.25) is 10.1 Å². The Labute approximate surface area is 145 Å². The highest BCUT2D eigenvalue weighted by molar-refractivity contribution is 6.29. The fourth-order valence-electron chi connectivity index (χ4n) is 2.77. The molecule has 0 saturated carbocycles. The number of aromatic nitrogens is 1. The van der Waals surface area contributed by atoms with E-state index in [1.807, 2.05) is 46.2 Å². The summed E-state index contributed by atoms with van der Waals surface area (Å²) in [5, 5.41) is 11.5. The third-order valence-electron chi connectivity index (χ3n) is 3.89. The van der Waals surface area contributed by atoms with Crippen LogP contribution < -0.4 is 0 Å². The van der Waals surface area contributed by atoms with E-state index >= 15 is 0 Å². The van der Waals surface area contributed by atoms with Crippen molar-refractivity contribution in [1.82, 2.24) is 14.8 Å². The molecule has 1 aliphatic rings. The first-order chi connectivity index (χ1) is 11.6. The van der Waals surface area contributed by atoms with Gasteiger partial charge in [-0.15, -0.1) is 0 Å². The van der Waals surface area contributed by atoms with Crippen molar-refractivity contribution < 1.29 is 4.92 Å². The second-order valence-electron chi connectivity index (χ2n) is 5.59. The van der Waals surface area contributed by atoms with Gasteiger partial charge in [-0.2, -0.15) is 0 Å². The summed E-state index contributed by atoms with van der Waals surface area (Å²) in [6, 6.07) is 13.6. The summed E-state index contributed by atoms with van der Waals surface area (Å²) < 4.78 is 0. The van der Waals surface area contributed by atoms with E-state index in [1.54, 1.807) is 12.3 Å². The van der Waals surface area contributed by atoms with E-state index in [0.29, 0.717) is 24.1 Å². The van der Waals surface area contributed by atoms with Crippen LogP contribution in [0, 0.1) is 10.1 Å². The van der Waals surface area contributed by atoms with Crippen LogP contribution in [-0.2, 0) is 13.1 Å². The van der Waals surface area contributed by atoms with Gasteiger partial charge in [-0.05, 0) is 17.2 Å². The molecule has 1 saturated heterocycles. The molecule has 1 fully saturated rings. The number of halogens is 1. The van der Waals surface area contributed by atoms with Crippen LogP contribution in [0.2, 0.25) is 5.15 Å². The van der Waals surface area contributed by atoms with Crippen LogP contribution in [0.15, 0.2) is 60.7 Å². The summed E-state index contributed by atoms with van der Waals surface area (Å²) in [6.07, 6.45) is 2.78. The lowest BCUT2D eigenvalue weighted by molar-refractivity contribution is -0.405. The second kappa shape index (κ2) is 7.31. The van der Waals surface area contributed by atoms with E-state index in [2.05, 4.69) is 4.98 Å². The third kappa shape index (κ3) is 4.02. The molecule has 124 valence electrons. The van der Waals surface area contributed by atoms with Gasteiger partial charge in [0.05, 0.1) is 4.92 Å². The molecule has 0 atom stereocenters. The average molecular weight is 345 g/mol. The minimum absolute atomic E-state index is 0.397. The molecule has 1 aliphatic heterocycles. The van der Waals surface area contributed by atoms with Crippen molar-refractivity contribution >= 4 is 11.6 Å². The van der Waals surface area contributed by atoms with Gasteiger partial charge in [-0.1, -0.05) is 48.0 Å². The van der Waals surface area contributed by atoms with Crippen LogP contribution >= 0.6 is 11.6 Å². The standard InChI is InChI=1S/C17H17ClN4O2/c18-16-7-6-15(10-19-16)12-21-9-8-20(17(21)13-22(23)24)11-14-4-2-1-3-5-14/h1-7,10,13H,8-9,11-12H2/b17-13+. The lowest BCUT2D eigenvalue weighted by Gasteiger charge is -2.22. The van der Waals surface area contributed by atoms with Crippen LogP contribution in [0.4, 0.5) is 0 Å². The van der Waals surface area contributed by atoms with Gasteiger partial charge in [0, 0.05) is 32.4 Å². The van der Waals surface area contributed by atoms with Crippen LogP contribution in [0.3, 0.4) is 0 Å². The Bertz CT molecular complexity index is 734. The molecular formula is C17H17ClN4O2. The molecule has 6 nitrogen and oxygen atoms in total. The van der Waals surface area contributed by atoms with Gasteiger partial charge in [0.15, 0.2) is 5.82 Å². The van der Waals surface area contributed by atoms with Gasteiger partial charge in [0.1, 0.15) is 5.15 Å². The molecule has 0 N–H and O–H groups in total. The van der Waals surface area contributed by atoms with Gasteiger partial charge in [0.2, 0.25) is 0 Å². The quantitative estimate of drug-likeness (QED) is 0.473. The molecule has 2 aromatic rings. The molecule has 0 bridgehead atoms. The molecule has 1 aromatic heterocycles. The van der Waals surface area contributed by atoms with Gasteiger partial charge in [-0.25, -0.2) is 4.98 Å². The zero-order valence-corrected chi connectivity index (χ0v) is 13.8. The highest BCUT2D eigenvalue weighted by atomic mass is 35.5. The highest BCUT2D eigenvalue weighted by Gasteiger charge is 2.27. The summed E-state index contributed by atoms with van der Waals surface area (Å²) in [7, 11) is 0. The van der Waals surface area contributed by atoms with Crippen molar-refractivity contribution in [2.24, 2.45) is 0 Å². The van der Waals surface area contributed by atoms with Crippen molar-refractivity contribution in [3.8, 4) is 0 Å². The maximum atomic E-state index is 11.0. The van der Waals surface area contributed by atoms with Crippen molar-refractivity contribution in [1.29, 1.82) is 0 Å². The predicted octanol–water partition coefficient (Wildman–Crippen LogP) is 3.13. The number of nitrogens with zero attached hydrogens (tertiary/aromatic N) is 4. The summed E-state index contributed by atoms with van der Waals surface area (Å²) in [6.45, 7) is 2.69. The molecule has 0 radical (unpaired) electrons. The first-order valence-corrected chi connectivity index (χ1v) is 7.99. The van der Waals surface area contributed by atoms with Crippen molar-refractivity contribution in [2.45, 2.75) is 13.1 Å². The fourth-order valence-corrected chi connectivity index (χ4v) is 2.88. The Kier molecular flexibility index (Phi) is 4.96.